The van der Waals surface area contributed by atoms with Crippen molar-refractivity contribution < 1.29 is 4.39 Å². The van der Waals surface area contributed by atoms with Crippen molar-refractivity contribution in [3.05, 3.63) is 58.4 Å². The van der Waals surface area contributed by atoms with E-state index in [4.69, 9.17) is 11.6 Å². The molecule has 0 bridgehead atoms. The Kier molecular flexibility index (Phi) is 4.45. The smallest absolute Gasteiger partial charge is 0.144 e. The second-order valence-electron chi connectivity index (χ2n) is 4.55. The number of aryl methyl sites for hydroxylation is 1. The van der Waals surface area contributed by atoms with Gasteiger partial charge in [0.2, 0.25) is 0 Å². The second-order valence-corrected chi connectivity index (χ2v) is 4.94. The lowest BCUT2D eigenvalue weighted by Gasteiger charge is -2.16. The van der Waals surface area contributed by atoms with Crippen LogP contribution in [0.25, 0.3) is 0 Å². The van der Waals surface area contributed by atoms with Crippen LogP contribution in [0.2, 0.25) is 5.15 Å². The Balaban J connectivity index is 2.03. The van der Waals surface area contributed by atoms with Crippen LogP contribution in [0.3, 0.4) is 0 Å². The van der Waals surface area contributed by atoms with Crippen LogP contribution in [-0.4, -0.2) is 21.9 Å². The Labute approximate surface area is 117 Å². The van der Waals surface area contributed by atoms with E-state index >= 15 is 0 Å². The molecule has 0 atom stereocenters. The Morgan fingerprint density at radius 1 is 1.21 bits per heavy atom. The van der Waals surface area contributed by atoms with Gasteiger partial charge in [-0.2, -0.15) is 0 Å². The van der Waals surface area contributed by atoms with Gasteiger partial charge in [0.15, 0.2) is 0 Å². The number of hydrogen-bond donors (Lipinski definition) is 0. The molecule has 0 spiro atoms. The van der Waals surface area contributed by atoms with Crippen molar-refractivity contribution in [3.63, 3.8) is 0 Å². The third-order valence-electron chi connectivity index (χ3n) is 2.62. The van der Waals surface area contributed by atoms with Gasteiger partial charge in [0.1, 0.15) is 16.8 Å². The van der Waals surface area contributed by atoms with Gasteiger partial charge in [-0.3, -0.25) is 4.90 Å². The Morgan fingerprint density at radius 2 is 2.00 bits per heavy atom. The summed E-state index contributed by atoms with van der Waals surface area (Å²) in [6, 6.07) is 8.29. The van der Waals surface area contributed by atoms with Gasteiger partial charge >= 0.3 is 0 Å². The van der Waals surface area contributed by atoms with Crippen LogP contribution >= 0.6 is 11.6 Å². The molecule has 0 aliphatic carbocycles. The van der Waals surface area contributed by atoms with Crippen LogP contribution in [0.4, 0.5) is 4.39 Å². The molecule has 0 saturated heterocycles. The first-order valence-corrected chi connectivity index (χ1v) is 6.34. The Hall–Kier alpha value is -1.52. The molecule has 0 aliphatic heterocycles. The molecule has 0 radical (unpaired) electrons. The zero-order valence-corrected chi connectivity index (χ0v) is 11.7. The van der Waals surface area contributed by atoms with Gasteiger partial charge in [0, 0.05) is 12.2 Å². The molecule has 3 nitrogen and oxygen atoms in total. The van der Waals surface area contributed by atoms with Crippen LogP contribution in [0.5, 0.6) is 0 Å². The molecule has 0 aliphatic rings. The average Bonchev–Trinajstić information content (AvgIpc) is 2.26. The highest BCUT2D eigenvalue weighted by atomic mass is 35.5. The largest absolute Gasteiger partial charge is 0.295 e. The molecular weight excluding hydrogens is 265 g/mol. The van der Waals surface area contributed by atoms with Gasteiger partial charge in [-0.15, -0.1) is 0 Å². The fraction of sp³-hybridized carbons (Fsp3) is 0.286. The van der Waals surface area contributed by atoms with E-state index in [0.29, 0.717) is 24.1 Å². The van der Waals surface area contributed by atoms with Crippen LogP contribution in [-0.2, 0) is 13.1 Å². The van der Waals surface area contributed by atoms with E-state index in [1.165, 1.54) is 12.1 Å². The number of nitrogens with zero attached hydrogens (tertiary/aromatic N) is 3. The average molecular weight is 280 g/mol. The molecule has 1 heterocycles. The molecule has 100 valence electrons. The molecule has 0 fully saturated rings. The molecule has 0 saturated carbocycles. The SMILES string of the molecule is Cc1cc(Cl)nc(CN(C)Cc2cccc(F)c2)n1. The molecule has 2 rings (SSSR count). The monoisotopic (exact) mass is 279 g/mol. The van der Waals surface area contributed by atoms with Gasteiger partial charge in [0.25, 0.3) is 0 Å². The maximum atomic E-state index is 13.1. The summed E-state index contributed by atoms with van der Waals surface area (Å²) < 4.78 is 13.1. The quantitative estimate of drug-likeness (QED) is 0.805. The standard InChI is InChI=1S/C14H15ClFN3/c1-10-6-13(15)18-14(17-10)9-19(2)8-11-4-3-5-12(16)7-11/h3-7H,8-9H2,1-2H3. The third-order valence-corrected chi connectivity index (χ3v) is 2.82. The number of aromatic nitrogens is 2. The van der Waals surface area contributed by atoms with E-state index in [2.05, 4.69) is 9.97 Å². The minimum Gasteiger partial charge on any atom is -0.295 e. The predicted molar refractivity (Wildman–Crippen MR) is 73.4 cm³/mol. The third kappa shape index (κ3) is 4.26. The van der Waals surface area contributed by atoms with E-state index < -0.39 is 0 Å². The first kappa shape index (κ1) is 13.9. The van der Waals surface area contributed by atoms with Crippen molar-refractivity contribution in [2.45, 2.75) is 20.0 Å². The molecule has 0 N–H and O–H groups in total. The topological polar surface area (TPSA) is 29.0 Å². The molecule has 1 aromatic carbocycles. The Morgan fingerprint density at radius 3 is 2.68 bits per heavy atom. The van der Waals surface area contributed by atoms with Crippen molar-refractivity contribution in [1.82, 2.24) is 14.9 Å². The number of hydrogen-bond acceptors (Lipinski definition) is 3. The van der Waals surface area contributed by atoms with Crippen molar-refractivity contribution in [2.24, 2.45) is 0 Å². The molecule has 1 aromatic heterocycles. The minimum atomic E-state index is -0.222. The lowest BCUT2D eigenvalue weighted by atomic mass is 10.2. The molecule has 0 amide bonds. The van der Waals surface area contributed by atoms with Crippen molar-refractivity contribution in [1.29, 1.82) is 0 Å². The summed E-state index contributed by atoms with van der Waals surface area (Å²) >= 11 is 5.90. The maximum Gasteiger partial charge on any atom is 0.144 e. The van der Waals surface area contributed by atoms with Crippen LogP contribution in [0.15, 0.2) is 30.3 Å². The lowest BCUT2D eigenvalue weighted by Crippen LogP contribution is -2.19. The summed E-state index contributed by atoms with van der Waals surface area (Å²) in [7, 11) is 1.94. The molecular formula is C14H15ClFN3. The summed E-state index contributed by atoms with van der Waals surface area (Å²) in [4.78, 5) is 10.5. The highest BCUT2D eigenvalue weighted by Gasteiger charge is 2.06. The Bertz CT molecular complexity index is 554. The fourth-order valence-corrected chi connectivity index (χ4v) is 2.16. The normalized spacial score (nSPS) is 11.0. The summed E-state index contributed by atoms with van der Waals surface area (Å²) in [6.45, 7) is 3.08. The van der Waals surface area contributed by atoms with E-state index in [1.807, 2.05) is 24.9 Å². The van der Waals surface area contributed by atoms with Crippen molar-refractivity contribution in [2.75, 3.05) is 7.05 Å². The van der Waals surface area contributed by atoms with E-state index in [1.54, 1.807) is 12.1 Å². The predicted octanol–water partition coefficient (Wildman–Crippen LogP) is 3.21. The molecule has 0 unspecified atom stereocenters. The van der Waals surface area contributed by atoms with E-state index in [-0.39, 0.29) is 5.82 Å². The summed E-state index contributed by atoms with van der Waals surface area (Å²) in [5.41, 5.74) is 1.76. The molecule has 5 heteroatoms. The van der Waals surface area contributed by atoms with Crippen molar-refractivity contribution >= 4 is 11.6 Å². The summed E-state index contributed by atoms with van der Waals surface area (Å²) in [6.07, 6.45) is 0. The highest BCUT2D eigenvalue weighted by molar-refractivity contribution is 6.29. The lowest BCUT2D eigenvalue weighted by molar-refractivity contribution is 0.310. The van der Waals surface area contributed by atoms with Crippen molar-refractivity contribution in [3.8, 4) is 0 Å². The zero-order chi connectivity index (χ0) is 13.8. The van der Waals surface area contributed by atoms with Gasteiger partial charge in [-0.1, -0.05) is 23.7 Å². The van der Waals surface area contributed by atoms with E-state index in [9.17, 15) is 4.39 Å². The van der Waals surface area contributed by atoms with E-state index in [0.717, 1.165) is 11.3 Å². The van der Waals surface area contributed by atoms with Crippen LogP contribution < -0.4 is 0 Å². The van der Waals surface area contributed by atoms with Crippen LogP contribution in [0, 0.1) is 12.7 Å². The van der Waals surface area contributed by atoms with Gasteiger partial charge in [-0.25, -0.2) is 14.4 Å². The van der Waals surface area contributed by atoms with Crippen LogP contribution in [0.1, 0.15) is 17.1 Å². The fourth-order valence-electron chi connectivity index (χ4n) is 1.90. The van der Waals surface area contributed by atoms with Gasteiger partial charge < -0.3 is 0 Å². The van der Waals surface area contributed by atoms with Gasteiger partial charge in [-0.05, 0) is 37.7 Å². The molecule has 19 heavy (non-hydrogen) atoms. The zero-order valence-electron chi connectivity index (χ0n) is 10.9. The molecule has 2 aromatic rings. The maximum absolute atomic E-state index is 13.1. The first-order chi connectivity index (χ1) is 9.02. The highest BCUT2D eigenvalue weighted by Crippen LogP contribution is 2.10. The number of benzene rings is 1. The minimum absolute atomic E-state index is 0.222. The van der Waals surface area contributed by atoms with Gasteiger partial charge in [0.05, 0.1) is 6.54 Å². The number of halogens is 2. The first-order valence-electron chi connectivity index (χ1n) is 5.96. The second kappa shape index (κ2) is 6.08. The summed E-state index contributed by atoms with van der Waals surface area (Å²) in [5.74, 6) is 0.449. The summed E-state index contributed by atoms with van der Waals surface area (Å²) in [5, 5.41) is 0.446. The number of rotatable bonds is 4.